The van der Waals surface area contributed by atoms with Crippen molar-refractivity contribution in [3.8, 4) is 0 Å². The second-order valence-corrected chi connectivity index (χ2v) is 6.64. The average Bonchev–Trinajstić information content (AvgIpc) is 2.45. The molecule has 0 saturated heterocycles. The van der Waals surface area contributed by atoms with Crippen LogP contribution in [0.25, 0.3) is 12.2 Å². The van der Waals surface area contributed by atoms with Gasteiger partial charge in [0, 0.05) is 5.33 Å². The Hall–Kier alpha value is -1.34. The second-order valence-electron chi connectivity index (χ2n) is 6.08. The summed E-state index contributed by atoms with van der Waals surface area (Å²) in [6.45, 7) is 6.72. The number of rotatable bonds is 3. The summed E-state index contributed by atoms with van der Waals surface area (Å²) in [5.74, 6) is 0. The van der Waals surface area contributed by atoms with E-state index in [0.717, 1.165) is 5.33 Å². The van der Waals surface area contributed by atoms with Gasteiger partial charge in [0.2, 0.25) is 0 Å². The minimum atomic E-state index is 0.216. The first-order valence-electron chi connectivity index (χ1n) is 6.92. The highest BCUT2D eigenvalue weighted by Crippen LogP contribution is 2.22. The van der Waals surface area contributed by atoms with Gasteiger partial charge in [-0.2, -0.15) is 0 Å². The van der Waals surface area contributed by atoms with Gasteiger partial charge in [0.1, 0.15) is 0 Å². The number of hydrogen-bond acceptors (Lipinski definition) is 0. The Morgan fingerprint density at radius 3 is 1.65 bits per heavy atom. The van der Waals surface area contributed by atoms with Crippen molar-refractivity contribution in [3.05, 3.63) is 70.8 Å². The van der Waals surface area contributed by atoms with Crippen LogP contribution in [0, 0.1) is 0 Å². The summed E-state index contributed by atoms with van der Waals surface area (Å²) < 4.78 is 0. The Balaban J connectivity index is 2.10. The van der Waals surface area contributed by atoms with Crippen LogP contribution in [-0.4, -0.2) is 0 Å². The topological polar surface area (TPSA) is 0 Å². The Kier molecular flexibility index (Phi) is 4.82. The third-order valence-electron chi connectivity index (χ3n) is 3.38. The Morgan fingerprint density at radius 2 is 1.25 bits per heavy atom. The largest absolute Gasteiger partial charge is 0.0876 e. The first kappa shape index (κ1) is 15.1. The summed E-state index contributed by atoms with van der Waals surface area (Å²) in [6, 6.07) is 17.4. The lowest BCUT2D eigenvalue weighted by molar-refractivity contribution is 0.590. The summed E-state index contributed by atoms with van der Waals surface area (Å²) in [4.78, 5) is 0. The van der Waals surface area contributed by atoms with E-state index in [9.17, 15) is 0 Å². The fourth-order valence-electron chi connectivity index (χ4n) is 2.00. The maximum absolute atomic E-state index is 3.46. The molecule has 0 N–H and O–H groups in total. The van der Waals surface area contributed by atoms with Crippen LogP contribution >= 0.6 is 15.9 Å². The third-order valence-corrected chi connectivity index (χ3v) is 4.03. The molecule has 0 aliphatic carbocycles. The van der Waals surface area contributed by atoms with Crippen LogP contribution in [0.5, 0.6) is 0 Å². The normalized spacial score (nSPS) is 12.0. The molecule has 0 spiro atoms. The molecule has 0 aromatic heterocycles. The van der Waals surface area contributed by atoms with Crippen molar-refractivity contribution in [2.45, 2.75) is 31.5 Å². The lowest BCUT2D eigenvalue weighted by Gasteiger charge is -2.18. The van der Waals surface area contributed by atoms with Gasteiger partial charge in [0.05, 0.1) is 0 Å². The smallest absolute Gasteiger partial charge is 0.0283 e. The van der Waals surface area contributed by atoms with Crippen molar-refractivity contribution in [3.63, 3.8) is 0 Å². The first-order chi connectivity index (χ1) is 9.49. The van der Waals surface area contributed by atoms with Crippen LogP contribution in [0.2, 0.25) is 0 Å². The number of hydrogen-bond donors (Lipinski definition) is 0. The zero-order valence-electron chi connectivity index (χ0n) is 12.4. The summed E-state index contributed by atoms with van der Waals surface area (Å²) in [7, 11) is 0. The molecule has 0 heterocycles. The molecule has 0 amide bonds. The van der Waals surface area contributed by atoms with Gasteiger partial charge in [-0.05, 0) is 27.7 Å². The van der Waals surface area contributed by atoms with Crippen molar-refractivity contribution in [2.24, 2.45) is 0 Å². The highest BCUT2D eigenvalue weighted by atomic mass is 79.9. The molecule has 20 heavy (non-hydrogen) atoms. The molecular weight excluding hydrogens is 308 g/mol. The fourth-order valence-corrected chi connectivity index (χ4v) is 2.38. The molecule has 1 heteroatoms. The van der Waals surface area contributed by atoms with Crippen LogP contribution < -0.4 is 0 Å². The van der Waals surface area contributed by atoms with Crippen molar-refractivity contribution >= 4 is 28.1 Å². The van der Waals surface area contributed by atoms with Crippen molar-refractivity contribution in [1.29, 1.82) is 0 Å². The SMILES string of the molecule is CC(C)(C)c1ccc(C=Cc2ccc(CBr)cc2)cc1. The molecule has 0 radical (unpaired) electrons. The summed E-state index contributed by atoms with van der Waals surface area (Å²) >= 11 is 3.46. The molecule has 0 saturated carbocycles. The maximum Gasteiger partial charge on any atom is 0.0283 e. The second kappa shape index (κ2) is 6.41. The lowest BCUT2D eigenvalue weighted by Crippen LogP contribution is -2.10. The van der Waals surface area contributed by atoms with E-state index < -0.39 is 0 Å². The van der Waals surface area contributed by atoms with E-state index in [0.29, 0.717) is 0 Å². The molecule has 0 aliphatic rings. The summed E-state index contributed by atoms with van der Waals surface area (Å²) in [5.41, 5.74) is 5.36. The van der Waals surface area contributed by atoms with Crippen LogP contribution in [0.15, 0.2) is 48.5 Å². The van der Waals surface area contributed by atoms with Gasteiger partial charge < -0.3 is 0 Å². The van der Waals surface area contributed by atoms with Gasteiger partial charge in [-0.1, -0.05) is 97.4 Å². The molecule has 0 nitrogen and oxygen atoms in total. The Labute approximate surface area is 130 Å². The molecule has 0 unspecified atom stereocenters. The number of benzene rings is 2. The molecule has 0 bridgehead atoms. The fraction of sp³-hybridized carbons (Fsp3) is 0.263. The Morgan fingerprint density at radius 1 is 0.800 bits per heavy atom. The summed E-state index contributed by atoms with van der Waals surface area (Å²) in [6.07, 6.45) is 4.32. The number of halogens is 1. The van der Waals surface area contributed by atoms with E-state index in [4.69, 9.17) is 0 Å². The molecule has 0 fully saturated rings. The average molecular weight is 329 g/mol. The lowest BCUT2D eigenvalue weighted by atomic mass is 9.87. The van der Waals surface area contributed by atoms with Crippen molar-refractivity contribution < 1.29 is 0 Å². The maximum atomic E-state index is 3.46. The van der Waals surface area contributed by atoms with E-state index in [2.05, 4.69) is 97.4 Å². The highest BCUT2D eigenvalue weighted by molar-refractivity contribution is 9.08. The number of alkyl halides is 1. The highest BCUT2D eigenvalue weighted by Gasteiger charge is 2.12. The zero-order valence-corrected chi connectivity index (χ0v) is 13.9. The quantitative estimate of drug-likeness (QED) is 0.475. The molecular formula is C19H21Br. The van der Waals surface area contributed by atoms with Crippen LogP contribution in [-0.2, 0) is 10.7 Å². The van der Waals surface area contributed by atoms with Gasteiger partial charge in [0.15, 0.2) is 0 Å². The van der Waals surface area contributed by atoms with Gasteiger partial charge in [-0.3, -0.25) is 0 Å². The molecule has 2 aromatic carbocycles. The summed E-state index contributed by atoms with van der Waals surface area (Å²) in [5, 5.41) is 0.908. The third kappa shape index (κ3) is 4.08. The predicted molar refractivity (Wildman–Crippen MR) is 93.1 cm³/mol. The first-order valence-corrected chi connectivity index (χ1v) is 8.05. The van der Waals surface area contributed by atoms with Crippen LogP contribution in [0.4, 0.5) is 0 Å². The van der Waals surface area contributed by atoms with E-state index in [-0.39, 0.29) is 5.41 Å². The van der Waals surface area contributed by atoms with Crippen molar-refractivity contribution in [2.75, 3.05) is 0 Å². The van der Waals surface area contributed by atoms with Gasteiger partial charge in [0.25, 0.3) is 0 Å². The molecule has 0 aliphatic heterocycles. The van der Waals surface area contributed by atoms with Crippen molar-refractivity contribution in [1.82, 2.24) is 0 Å². The molecule has 104 valence electrons. The van der Waals surface area contributed by atoms with E-state index >= 15 is 0 Å². The van der Waals surface area contributed by atoms with Gasteiger partial charge in [-0.25, -0.2) is 0 Å². The van der Waals surface area contributed by atoms with Gasteiger partial charge >= 0.3 is 0 Å². The van der Waals surface area contributed by atoms with Gasteiger partial charge in [-0.15, -0.1) is 0 Å². The predicted octanol–water partition coefficient (Wildman–Crippen LogP) is 6.05. The zero-order chi connectivity index (χ0) is 14.6. The van der Waals surface area contributed by atoms with Crippen LogP contribution in [0.1, 0.15) is 43.0 Å². The Bertz CT molecular complexity index is 569. The molecule has 0 atom stereocenters. The monoisotopic (exact) mass is 328 g/mol. The minimum absolute atomic E-state index is 0.216. The standard InChI is InChI=1S/C19H21Br/c1-19(2,3)18-12-10-16(11-13-18)5-4-15-6-8-17(14-20)9-7-15/h4-13H,14H2,1-3H3. The van der Waals surface area contributed by atoms with Crippen LogP contribution in [0.3, 0.4) is 0 Å². The van der Waals surface area contributed by atoms with E-state index in [1.54, 1.807) is 0 Å². The molecule has 2 aromatic rings. The minimum Gasteiger partial charge on any atom is -0.0876 e. The molecule has 2 rings (SSSR count). The van der Waals surface area contributed by atoms with E-state index in [1.165, 1.54) is 22.3 Å². The van der Waals surface area contributed by atoms with E-state index in [1.807, 2.05) is 0 Å².